The van der Waals surface area contributed by atoms with Crippen LogP contribution in [0.5, 0.6) is 0 Å². The lowest BCUT2D eigenvalue weighted by Crippen LogP contribution is -2.33. The highest BCUT2D eigenvalue weighted by Crippen LogP contribution is 2.09. The Balaban J connectivity index is 2.33. The van der Waals surface area contributed by atoms with Crippen LogP contribution in [0.1, 0.15) is 0 Å². The lowest BCUT2D eigenvalue weighted by molar-refractivity contribution is 0.249. The molecule has 0 aliphatic carbocycles. The second-order valence-corrected chi connectivity index (χ2v) is 2.79. The smallest absolute Gasteiger partial charge is 0.312 e. The first-order valence-electron chi connectivity index (χ1n) is 4.42. The van der Waals surface area contributed by atoms with E-state index in [1.165, 1.54) is 0 Å². The minimum Gasteiger partial charge on any atom is -0.383 e. The highest BCUT2D eigenvalue weighted by atomic mass is 16.2. The van der Waals surface area contributed by atoms with Crippen molar-refractivity contribution in [1.29, 1.82) is 0 Å². The zero-order chi connectivity index (χ0) is 11.1. The van der Waals surface area contributed by atoms with Crippen molar-refractivity contribution in [3.63, 3.8) is 0 Å². The number of carbonyl (C=O) groups excluding carboxylic acids is 1. The molecular formula is C8H14N6O. The van der Waals surface area contributed by atoms with Gasteiger partial charge in [-0.1, -0.05) is 0 Å². The van der Waals surface area contributed by atoms with E-state index < -0.39 is 6.03 Å². The van der Waals surface area contributed by atoms with Gasteiger partial charge in [0.1, 0.15) is 5.82 Å². The summed E-state index contributed by atoms with van der Waals surface area (Å²) >= 11 is 0. The van der Waals surface area contributed by atoms with E-state index in [2.05, 4.69) is 21.0 Å². The van der Waals surface area contributed by atoms with Gasteiger partial charge in [-0.25, -0.2) is 15.6 Å². The van der Waals surface area contributed by atoms with Gasteiger partial charge in [0.05, 0.1) is 0 Å². The van der Waals surface area contributed by atoms with Crippen LogP contribution in [0.3, 0.4) is 0 Å². The Morgan fingerprint density at radius 2 is 2.27 bits per heavy atom. The molecule has 0 unspecified atom stereocenters. The number of primary amides is 1. The van der Waals surface area contributed by atoms with Crippen molar-refractivity contribution in [2.45, 2.75) is 0 Å². The lowest BCUT2D eigenvalue weighted by Gasteiger charge is -2.07. The average Bonchev–Trinajstić information content (AvgIpc) is 2.24. The zero-order valence-corrected chi connectivity index (χ0v) is 8.16. The minimum atomic E-state index is -0.532. The normalized spacial score (nSPS) is 9.40. The van der Waals surface area contributed by atoms with Gasteiger partial charge in [-0.3, -0.25) is 0 Å². The monoisotopic (exact) mass is 210 g/mol. The summed E-state index contributed by atoms with van der Waals surface area (Å²) in [5.41, 5.74) is 8.20. The van der Waals surface area contributed by atoms with E-state index in [0.717, 1.165) is 5.69 Å². The largest absolute Gasteiger partial charge is 0.383 e. The Hall–Kier alpha value is -2.02. The quantitative estimate of drug-likeness (QED) is 0.254. The van der Waals surface area contributed by atoms with E-state index in [0.29, 0.717) is 18.9 Å². The molecule has 0 aliphatic rings. The molecule has 1 rings (SSSR count). The molecule has 2 amide bonds. The summed E-state index contributed by atoms with van der Waals surface area (Å²) in [5, 5.41) is 5.53. The van der Waals surface area contributed by atoms with Crippen LogP contribution in [0.4, 0.5) is 16.3 Å². The fraction of sp³-hybridized carbons (Fsp3) is 0.250. The summed E-state index contributed by atoms with van der Waals surface area (Å²) in [4.78, 5) is 14.3. The molecule has 0 fully saturated rings. The van der Waals surface area contributed by atoms with Gasteiger partial charge in [-0.15, -0.1) is 0 Å². The van der Waals surface area contributed by atoms with Gasteiger partial charge >= 0.3 is 6.03 Å². The van der Waals surface area contributed by atoms with Gasteiger partial charge in [0.25, 0.3) is 0 Å². The van der Waals surface area contributed by atoms with Crippen LogP contribution in [0.15, 0.2) is 18.3 Å². The second kappa shape index (κ2) is 5.66. The predicted molar refractivity (Wildman–Crippen MR) is 58.1 cm³/mol. The molecule has 82 valence electrons. The lowest BCUT2D eigenvalue weighted by atomic mass is 10.4. The van der Waals surface area contributed by atoms with E-state index in [-0.39, 0.29) is 0 Å². The molecule has 0 saturated carbocycles. The van der Waals surface area contributed by atoms with Gasteiger partial charge in [0, 0.05) is 31.0 Å². The maximum atomic E-state index is 10.4. The van der Waals surface area contributed by atoms with Gasteiger partial charge in [-0.2, -0.15) is 0 Å². The topological polar surface area (TPSA) is 118 Å². The Kier molecular flexibility index (Phi) is 4.17. The van der Waals surface area contributed by atoms with E-state index in [1.54, 1.807) is 18.3 Å². The molecule has 7 nitrogen and oxygen atoms in total. The van der Waals surface area contributed by atoms with Crippen molar-refractivity contribution in [3.05, 3.63) is 18.3 Å². The number of nitrogens with two attached hydrogens (primary N) is 2. The van der Waals surface area contributed by atoms with Crippen LogP contribution < -0.4 is 27.6 Å². The first-order valence-corrected chi connectivity index (χ1v) is 4.42. The Morgan fingerprint density at radius 3 is 2.93 bits per heavy atom. The maximum Gasteiger partial charge on any atom is 0.312 e. The molecule has 0 bridgehead atoms. The number of hydrazine groups is 1. The molecule has 0 aromatic carbocycles. The Labute approximate surface area is 87.2 Å². The number of amides is 2. The Morgan fingerprint density at radius 1 is 1.47 bits per heavy atom. The second-order valence-electron chi connectivity index (χ2n) is 2.79. The number of rotatable bonds is 5. The highest BCUT2D eigenvalue weighted by Gasteiger charge is 1.95. The maximum absolute atomic E-state index is 10.4. The molecule has 0 aliphatic heterocycles. The van der Waals surface area contributed by atoms with Crippen LogP contribution in [0.2, 0.25) is 0 Å². The summed E-state index contributed by atoms with van der Waals surface area (Å²) in [5.74, 6) is 5.77. The average molecular weight is 210 g/mol. The molecule has 0 spiro atoms. The molecule has 1 aromatic heterocycles. The van der Waals surface area contributed by atoms with Gasteiger partial charge < -0.3 is 21.8 Å². The number of nitrogens with zero attached hydrogens (tertiary/aromatic N) is 1. The SMILES string of the molecule is NNc1cc(NCCNC(N)=O)ccn1. The van der Waals surface area contributed by atoms with Crippen LogP contribution in [-0.2, 0) is 0 Å². The summed E-state index contributed by atoms with van der Waals surface area (Å²) in [6, 6.07) is 3.02. The standard InChI is InChI=1S/C8H14N6O/c9-8(15)13-4-3-11-6-1-2-12-7(5-6)14-10/h1-2,5H,3-4,10H2,(H3,9,13,15)(H2,11,12,14). The molecule has 1 aromatic rings. The number of urea groups is 1. The van der Waals surface area contributed by atoms with Crippen LogP contribution in [0, 0.1) is 0 Å². The summed E-state index contributed by atoms with van der Waals surface area (Å²) < 4.78 is 0. The summed E-state index contributed by atoms with van der Waals surface area (Å²) in [7, 11) is 0. The van der Waals surface area contributed by atoms with E-state index in [4.69, 9.17) is 11.6 Å². The number of carbonyl (C=O) groups is 1. The van der Waals surface area contributed by atoms with E-state index in [9.17, 15) is 4.79 Å². The molecule has 0 saturated heterocycles. The molecule has 0 atom stereocenters. The van der Waals surface area contributed by atoms with Crippen molar-refractivity contribution in [1.82, 2.24) is 10.3 Å². The molecule has 7 heteroatoms. The van der Waals surface area contributed by atoms with Gasteiger partial charge in [0.2, 0.25) is 0 Å². The number of nitrogens with one attached hydrogen (secondary N) is 3. The number of hydrogen-bond donors (Lipinski definition) is 5. The van der Waals surface area contributed by atoms with Crippen molar-refractivity contribution in [2.24, 2.45) is 11.6 Å². The number of hydrogen-bond acceptors (Lipinski definition) is 5. The van der Waals surface area contributed by atoms with Gasteiger partial charge in [0.15, 0.2) is 0 Å². The highest BCUT2D eigenvalue weighted by molar-refractivity contribution is 5.71. The third-order valence-corrected chi connectivity index (χ3v) is 1.66. The third kappa shape index (κ3) is 4.14. The molecular weight excluding hydrogens is 196 g/mol. The first kappa shape index (κ1) is 11.1. The molecule has 1 heterocycles. The molecule has 7 N–H and O–H groups in total. The van der Waals surface area contributed by atoms with Crippen LogP contribution >= 0.6 is 0 Å². The molecule has 0 radical (unpaired) electrons. The number of anilines is 2. The molecule has 15 heavy (non-hydrogen) atoms. The van der Waals surface area contributed by atoms with Crippen molar-refractivity contribution in [2.75, 3.05) is 23.8 Å². The fourth-order valence-electron chi connectivity index (χ4n) is 1.01. The van der Waals surface area contributed by atoms with E-state index in [1.807, 2.05) is 0 Å². The summed E-state index contributed by atoms with van der Waals surface area (Å²) in [6.45, 7) is 1.04. The number of aromatic nitrogens is 1. The van der Waals surface area contributed by atoms with Crippen LogP contribution in [0.25, 0.3) is 0 Å². The fourth-order valence-corrected chi connectivity index (χ4v) is 1.01. The number of nitrogen functional groups attached to an aromatic ring is 1. The zero-order valence-electron chi connectivity index (χ0n) is 8.16. The van der Waals surface area contributed by atoms with Crippen LogP contribution in [-0.4, -0.2) is 24.1 Å². The van der Waals surface area contributed by atoms with E-state index >= 15 is 0 Å². The van der Waals surface area contributed by atoms with Crippen molar-refractivity contribution in [3.8, 4) is 0 Å². The predicted octanol–water partition coefficient (Wildman–Crippen LogP) is -0.553. The minimum absolute atomic E-state index is 0.461. The van der Waals surface area contributed by atoms with Crippen molar-refractivity contribution < 1.29 is 4.79 Å². The van der Waals surface area contributed by atoms with Crippen molar-refractivity contribution >= 4 is 17.5 Å². The summed E-state index contributed by atoms with van der Waals surface area (Å²) in [6.07, 6.45) is 1.62. The van der Waals surface area contributed by atoms with Gasteiger partial charge in [-0.05, 0) is 6.07 Å². The first-order chi connectivity index (χ1) is 7.22. The third-order valence-electron chi connectivity index (χ3n) is 1.66. The Bertz CT molecular complexity index is 329. The number of pyridine rings is 1.